The molecule has 0 aromatic heterocycles. The van der Waals surface area contributed by atoms with Crippen molar-refractivity contribution in [3.63, 3.8) is 0 Å². The second-order valence-electron chi connectivity index (χ2n) is 13.3. The van der Waals surface area contributed by atoms with Crippen molar-refractivity contribution in [2.75, 3.05) is 33.0 Å². The van der Waals surface area contributed by atoms with Crippen molar-refractivity contribution in [1.82, 2.24) is 0 Å². The van der Waals surface area contributed by atoms with Crippen molar-refractivity contribution in [3.8, 4) is 0 Å². The highest BCUT2D eigenvalue weighted by molar-refractivity contribution is 7.47. The molecule has 3 unspecified atom stereocenters. The molecule has 3 atom stereocenters. The average molecular weight is 719 g/mol. The van der Waals surface area contributed by atoms with E-state index >= 15 is 0 Å². The molecule has 49 heavy (non-hydrogen) atoms. The lowest BCUT2D eigenvalue weighted by atomic mass is 10.1. The first-order valence-corrected chi connectivity index (χ1v) is 21.3. The maximum Gasteiger partial charge on any atom is 0.472 e. The number of rotatable bonds is 38. The Labute approximate surface area is 300 Å². The molecule has 0 heterocycles. The van der Waals surface area contributed by atoms with Gasteiger partial charge in [-0.15, -0.1) is 0 Å². The van der Waals surface area contributed by atoms with Gasteiger partial charge in [-0.2, -0.15) is 0 Å². The van der Waals surface area contributed by atoms with E-state index in [9.17, 15) is 19.4 Å². The summed E-state index contributed by atoms with van der Waals surface area (Å²) in [7, 11) is -4.51. The minimum absolute atomic E-state index is 0.0483. The Bertz CT molecular complexity index is 820. The summed E-state index contributed by atoms with van der Waals surface area (Å²) in [6, 6.07) is 0. The van der Waals surface area contributed by atoms with Gasteiger partial charge in [-0.05, 0) is 44.9 Å². The van der Waals surface area contributed by atoms with Crippen LogP contribution in [0.15, 0.2) is 24.3 Å². The van der Waals surface area contributed by atoms with Crippen LogP contribution in [0.2, 0.25) is 0 Å². The van der Waals surface area contributed by atoms with Gasteiger partial charge in [0.05, 0.1) is 26.4 Å². The number of hydrogen-bond acceptors (Lipinski definition) is 8. The van der Waals surface area contributed by atoms with Crippen LogP contribution in [0.1, 0.15) is 174 Å². The third-order valence-electron chi connectivity index (χ3n) is 8.39. The number of phosphoric acid groups is 1. The summed E-state index contributed by atoms with van der Waals surface area (Å²) in [5.41, 5.74) is 0. The quantitative estimate of drug-likeness (QED) is 0.0247. The molecular formula is C39H75O9P. The molecule has 0 fully saturated rings. The van der Waals surface area contributed by atoms with E-state index in [1.54, 1.807) is 0 Å². The summed E-state index contributed by atoms with van der Waals surface area (Å²) in [4.78, 5) is 22.4. The Hall–Kier alpha value is -1.06. The molecule has 0 saturated carbocycles. The summed E-state index contributed by atoms with van der Waals surface area (Å²) in [5, 5.41) is 18.3. The van der Waals surface area contributed by atoms with Gasteiger partial charge in [0.2, 0.25) is 0 Å². The second kappa shape index (κ2) is 36.7. The minimum Gasteiger partial charge on any atom is -0.457 e. The second-order valence-corrected chi connectivity index (χ2v) is 14.8. The number of esters is 1. The first-order chi connectivity index (χ1) is 23.8. The van der Waals surface area contributed by atoms with Gasteiger partial charge in [0.15, 0.2) is 0 Å². The molecule has 3 N–H and O–H groups in total. The molecule has 10 heteroatoms. The fourth-order valence-corrected chi connectivity index (χ4v) is 6.12. The van der Waals surface area contributed by atoms with Gasteiger partial charge < -0.3 is 24.6 Å². The van der Waals surface area contributed by atoms with Gasteiger partial charge in [-0.25, -0.2) is 4.57 Å². The maximum absolute atomic E-state index is 12.5. The third kappa shape index (κ3) is 36.5. The Morgan fingerprint density at radius 1 is 0.633 bits per heavy atom. The van der Waals surface area contributed by atoms with E-state index < -0.39 is 33.2 Å². The summed E-state index contributed by atoms with van der Waals surface area (Å²) >= 11 is 0. The van der Waals surface area contributed by atoms with Crippen LogP contribution in [0.5, 0.6) is 0 Å². The molecule has 0 aliphatic carbocycles. The molecule has 9 nitrogen and oxygen atoms in total. The molecular weight excluding hydrogens is 643 g/mol. The predicted octanol–water partition coefficient (Wildman–Crippen LogP) is 10.3. The average Bonchev–Trinajstić information content (AvgIpc) is 3.09. The molecule has 0 amide bonds. The zero-order valence-corrected chi connectivity index (χ0v) is 32.3. The van der Waals surface area contributed by atoms with Gasteiger partial charge in [0.1, 0.15) is 12.2 Å². The van der Waals surface area contributed by atoms with Crippen molar-refractivity contribution < 1.29 is 43.0 Å². The number of phosphoric ester groups is 1. The maximum atomic E-state index is 12.5. The van der Waals surface area contributed by atoms with Crippen LogP contribution in [0.4, 0.5) is 0 Å². The number of hydrogen-bond donors (Lipinski definition) is 3. The standard InChI is InChI=1S/C39H75O9P/c1-3-5-7-9-11-13-15-16-17-18-19-20-21-22-24-26-28-30-32-45-35-38(36-47-49(43,44)46-34-37(41)33-40)48-39(42)31-29-27-25-23-14-12-10-8-6-4-2/h11,13,16-17,37-38,40-41H,3-10,12,14-15,18-36H2,1-2H3,(H,43,44)/b13-11-,17-16-. The largest absolute Gasteiger partial charge is 0.472 e. The van der Waals surface area contributed by atoms with Gasteiger partial charge in [0, 0.05) is 13.0 Å². The van der Waals surface area contributed by atoms with Crippen LogP contribution in [0, 0.1) is 0 Å². The van der Waals surface area contributed by atoms with Gasteiger partial charge >= 0.3 is 13.8 Å². The fraction of sp³-hybridized carbons (Fsp3) is 0.872. The van der Waals surface area contributed by atoms with Gasteiger partial charge in [-0.1, -0.05) is 147 Å². The van der Waals surface area contributed by atoms with E-state index in [2.05, 4.69) is 38.2 Å². The summed E-state index contributed by atoms with van der Waals surface area (Å²) in [6.07, 6.45) is 35.6. The zero-order chi connectivity index (χ0) is 36.1. The highest BCUT2D eigenvalue weighted by Crippen LogP contribution is 2.43. The molecule has 0 radical (unpaired) electrons. The first kappa shape index (κ1) is 47.9. The Morgan fingerprint density at radius 3 is 1.67 bits per heavy atom. The minimum atomic E-state index is -4.51. The Morgan fingerprint density at radius 2 is 1.10 bits per heavy atom. The lowest BCUT2D eigenvalue weighted by molar-refractivity contribution is -0.154. The SMILES string of the molecule is CCCCC/C=C\C/C=C\CCCCCCCCCCOCC(COP(=O)(O)OCC(O)CO)OC(=O)CCCCCCCCCCCC. The van der Waals surface area contributed by atoms with E-state index in [1.807, 2.05) is 0 Å². The van der Waals surface area contributed by atoms with Crippen LogP contribution < -0.4 is 0 Å². The highest BCUT2D eigenvalue weighted by Gasteiger charge is 2.26. The molecule has 0 saturated heterocycles. The monoisotopic (exact) mass is 719 g/mol. The number of carbonyl (C=O) groups is 1. The van der Waals surface area contributed by atoms with E-state index in [4.69, 9.17) is 23.6 Å². The van der Waals surface area contributed by atoms with Crippen molar-refractivity contribution in [2.24, 2.45) is 0 Å². The van der Waals surface area contributed by atoms with Crippen LogP contribution in [0.25, 0.3) is 0 Å². The molecule has 0 bridgehead atoms. The number of carbonyl (C=O) groups excluding carboxylic acids is 1. The van der Waals surface area contributed by atoms with E-state index in [-0.39, 0.29) is 25.6 Å². The van der Waals surface area contributed by atoms with E-state index in [1.165, 1.54) is 103 Å². The molecule has 0 rings (SSSR count). The number of ether oxygens (including phenoxy) is 2. The van der Waals surface area contributed by atoms with E-state index in [0.29, 0.717) is 6.61 Å². The molecule has 0 aromatic rings. The Kier molecular flexibility index (Phi) is 35.9. The van der Waals surface area contributed by atoms with Crippen molar-refractivity contribution in [2.45, 2.75) is 187 Å². The summed E-state index contributed by atoms with van der Waals surface area (Å²) in [5.74, 6) is -0.387. The molecule has 0 aliphatic rings. The van der Waals surface area contributed by atoms with Crippen molar-refractivity contribution >= 4 is 13.8 Å². The lowest BCUT2D eigenvalue weighted by Crippen LogP contribution is -2.29. The molecule has 290 valence electrons. The summed E-state index contributed by atoms with van der Waals surface area (Å²) in [6.45, 7) is 3.47. The van der Waals surface area contributed by atoms with E-state index in [0.717, 1.165) is 51.4 Å². The van der Waals surface area contributed by atoms with Gasteiger partial charge in [-0.3, -0.25) is 13.8 Å². The predicted molar refractivity (Wildman–Crippen MR) is 201 cm³/mol. The van der Waals surface area contributed by atoms with Crippen LogP contribution in [-0.2, 0) is 27.9 Å². The fourth-order valence-electron chi connectivity index (χ4n) is 5.33. The highest BCUT2D eigenvalue weighted by atomic mass is 31.2. The topological polar surface area (TPSA) is 132 Å². The smallest absolute Gasteiger partial charge is 0.457 e. The first-order valence-electron chi connectivity index (χ1n) is 19.8. The van der Waals surface area contributed by atoms with Crippen LogP contribution in [0.3, 0.4) is 0 Å². The number of unbranched alkanes of at least 4 members (excludes halogenated alkanes) is 20. The Balaban J connectivity index is 4.16. The molecule has 0 aromatic carbocycles. The normalized spacial score (nSPS) is 14.5. The molecule has 0 spiro atoms. The molecule has 0 aliphatic heterocycles. The van der Waals surface area contributed by atoms with Crippen LogP contribution in [-0.4, -0.2) is 66.3 Å². The number of aliphatic hydroxyl groups excluding tert-OH is 2. The number of aliphatic hydroxyl groups is 2. The van der Waals surface area contributed by atoms with Crippen LogP contribution >= 0.6 is 7.82 Å². The van der Waals surface area contributed by atoms with Crippen molar-refractivity contribution in [1.29, 1.82) is 0 Å². The zero-order valence-electron chi connectivity index (χ0n) is 31.4. The van der Waals surface area contributed by atoms with Gasteiger partial charge in [0.25, 0.3) is 0 Å². The lowest BCUT2D eigenvalue weighted by Gasteiger charge is -2.20. The van der Waals surface area contributed by atoms with Crippen molar-refractivity contribution in [3.05, 3.63) is 24.3 Å². The third-order valence-corrected chi connectivity index (χ3v) is 9.34. The summed E-state index contributed by atoms with van der Waals surface area (Å²) < 4.78 is 33.2. The number of allylic oxidation sites excluding steroid dienone is 4.